The first-order valence-electron chi connectivity index (χ1n) is 8.95. The summed E-state index contributed by atoms with van der Waals surface area (Å²) >= 11 is 0.905. The molecule has 0 amide bonds. The highest BCUT2D eigenvalue weighted by Crippen LogP contribution is 2.33. The third-order valence-electron chi connectivity index (χ3n) is 3.82. The Morgan fingerprint density at radius 3 is 2.70 bits per heavy atom. The van der Waals surface area contributed by atoms with Crippen molar-refractivity contribution in [2.45, 2.75) is 12.1 Å². The molecule has 0 aliphatic rings. The molecule has 0 fully saturated rings. The molecule has 0 spiro atoms. The van der Waals surface area contributed by atoms with E-state index in [-0.39, 0.29) is 23.3 Å². The Bertz CT molecular complexity index is 1060. The number of hydrogen-bond acceptors (Lipinski definition) is 8. The van der Waals surface area contributed by atoms with Crippen LogP contribution in [-0.2, 0) is 14.3 Å². The van der Waals surface area contributed by atoms with Crippen LogP contribution in [0.1, 0.15) is 12.5 Å². The lowest BCUT2D eigenvalue weighted by molar-refractivity contribution is -0.145. The van der Waals surface area contributed by atoms with Crippen molar-refractivity contribution in [3.8, 4) is 11.5 Å². The fourth-order valence-corrected chi connectivity index (χ4v) is 3.25. The van der Waals surface area contributed by atoms with Gasteiger partial charge in [-0.3, -0.25) is 0 Å². The van der Waals surface area contributed by atoms with Crippen molar-refractivity contribution in [3.05, 3.63) is 52.9 Å². The fourth-order valence-electron chi connectivity index (χ4n) is 2.51. The summed E-state index contributed by atoms with van der Waals surface area (Å²) in [6.07, 6.45) is 1.47. The molecule has 0 saturated heterocycles. The van der Waals surface area contributed by atoms with Crippen LogP contribution in [0.4, 0.5) is 0 Å². The highest BCUT2D eigenvalue weighted by Gasteiger charge is 2.16. The number of fused-ring (bicyclic) bond motifs is 1. The predicted octanol–water partition coefficient (Wildman–Crippen LogP) is 4.00. The van der Waals surface area contributed by atoms with Crippen LogP contribution in [0.5, 0.6) is 11.5 Å². The van der Waals surface area contributed by atoms with Crippen LogP contribution in [-0.4, -0.2) is 42.4 Å². The van der Waals surface area contributed by atoms with E-state index in [1.54, 1.807) is 37.3 Å². The van der Waals surface area contributed by atoms with Gasteiger partial charge in [0.2, 0.25) is 0 Å². The summed E-state index contributed by atoms with van der Waals surface area (Å²) in [5, 5.41) is 9.81. The quantitative estimate of drug-likeness (QED) is 0.307. The number of aromatic nitrogens is 1. The number of hydrogen-bond donors (Lipinski definition) is 1. The molecule has 9 heteroatoms. The van der Waals surface area contributed by atoms with Crippen molar-refractivity contribution in [3.63, 3.8) is 0 Å². The number of para-hydroxylation sites is 2. The maximum Gasteiger partial charge on any atom is 0.344 e. The molecule has 0 atom stereocenters. The van der Waals surface area contributed by atoms with Crippen molar-refractivity contribution in [1.29, 1.82) is 0 Å². The Balaban J connectivity index is 1.80. The van der Waals surface area contributed by atoms with Gasteiger partial charge in [0.15, 0.2) is 23.7 Å². The lowest BCUT2D eigenvalue weighted by Gasteiger charge is -2.11. The van der Waals surface area contributed by atoms with E-state index in [9.17, 15) is 14.7 Å². The molecule has 2 aromatic carbocycles. The van der Waals surface area contributed by atoms with Crippen LogP contribution in [0.3, 0.4) is 0 Å². The molecule has 3 rings (SSSR count). The smallest absolute Gasteiger partial charge is 0.344 e. The van der Waals surface area contributed by atoms with Crippen molar-refractivity contribution in [1.82, 2.24) is 4.98 Å². The Morgan fingerprint density at radius 2 is 2.00 bits per heavy atom. The molecule has 1 aromatic heterocycles. The Labute approximate surface area is 176 Å². The van der Waals surface area contributed by atoms with Crippen LogP contribution >= 0.6 is 11.8 Å². The number of aliphatic carboxylic acids is 1. The van der Waals surface area contributed by atoms with Crippen LogP contribution in [0.15, 0.2) is 57.0 Å². The molecule has 0 unspecified atom stereocenters. The average molecular weight is 429 g/mol. The first kappa shape index (κ1) is 21.3. The number of ether oxygens (including phenoxy) is 3. The Morgan fingerprint density at radius 1 is 1.20 bits per heavy atom. The summed E-state index contributed by atoms with van der Waals surface area (Å²) in [4.78, 5) is 27.5. The van der Waals surface area contributed by atoms with Crippen LogP contribution in [0, 0.1) is 0 Å². The van der Waals surface area contributed by atoms with Gasteiger partial charge in [0.25, 0.3) is 5.22 Å². The van der Waals surface area contributed by atoms with E-state index in [0.717, 1.165) is 11.8 Å². The number of rotatable bonds is 9. The number of carbonyl (C=O) groups is 2. The van der Waals surface area contributed by atoms with Gasteiger partial charge in [-0.2, -0.15) is 0 Å². The molecule has 30 heavy (non-hydrogen) atoms. The molecule has 8 nitrogen and oxygen atoms in total. The van der Waals surface area contributed by atoms with Crippen molar-refractivity contribution in [2.24, 2.45) is 0 Å². The lowest BCUT2D eigenvalue weighted by Crippen LogP contribution is -2.14. The third-order valence-corrected chi connectivity index (χ3v) is 4.68. The second-order valence-electron chi connectivity index (χ2n) is 5.87. The molecule has 3 aromatic rings. The Hall–Kier alpha value is -3.46. The molecule has 0 radical (unpaired) electrons. The van der Waals surface area contributed by atoms with E-state index >= 15 is 0 Å². The maximum atomic E-state index is 11.7. The second kappa shape index (κ2) is 9.84. The minimum Gasteiger partial charge on any atom is -0.493 e. The van der Waals surface area contributed by atoms with E-state index in [0.29, 0.717) is 28.2 Å². The molecule has 0 aliphatic carbocycles. The highest BCUT2D eigenvalue weighted by atomic mass is 32.2. The lowest BCUT2D eigenvalue weighted by atomic mass is 10.2. The van der Waals surface area contributed by atoms with Gasteiger partial charge < -0.3 is 23.7 Å². The van der Waals surface area contributed by atoms with Gasteiger partial charge in [0, 0.05) is 0 Å². The number of methoxy groups -OCH3 is 1. The van der Waals surface area contributed by atoms with Crippen molar-refractivity contribution < 1.29 is 33.3 Å². The number of benzene rings is 2. The monoisotopic (exact) mass is 429 g/mol. The molecular weight excluding hydrogens is 410 g/mol. The van der Waals surface area contributed by atoms with Gasteiger partial charge in [-0.05, 0) is 54.6 Å². The molecular formula is C21H19NO7S. The van der Waals surface area contributed by atoms with Gasteiger partial charge in [-0.1, -0.05) is 18.2 Å². The molecule has 1 N–H and O–H groups in total. The maximum absolute atomic E-state index is 11.7. The zero-order valence-corrected chi connectivity index (χ0v) is 17.1. The molecule has 1 heterocycles. The summed E-state index contributed by atoms with van der Waals surface area (Å²) < 4.78 is 21.1. The van der Waals surface area contributed by atoms with E-state index < -0.39 is 11.9 Å². The van der Waals surface area contributed by atoms with E-state index in [1.165, 1.54) is 13.2 Å². The van der Waals surface area contributed by atoms with E-state index in [4.69, 9.17) is 18.6 Å². The number of carboxylic acids is 1. The second-order valence-corrected chi connectivity index (χ2v) is 6.86. The number of esters is 1. The summed E-state index contributed by atoms with van der Waals surface area (Å²) in [7, 11) is 1.45. The minimum absolute atomic E-state index is 0.0174. The molecule has 0 saturated carbocycles. The number of oxazole rings is 1. The van der Waals surface area contributed by atoms with Crippen molar-refractivity contribution >= 4 is 40.9 Å². The van der Waals surface area contributed by atoms with E-state index in [1.807, 2.05) is 12.1 Å². The van der Waals surface area contributed by atoms with Gasteiger partial charge in [-0.15, -0.1) is 0 Å². The normalized spacial score (nSPS) is 11.3. The van der Waals surface area contributed by atoms with Gasteiger partial charge >= 0.3 is 11.9 Å². The standard InChI is InChI=1S/C21H19NO7S/c1-3-27-19(23)12-28-16-9-8-13(10-17(16)26-2)11-18(20(24)25)30-21-22-14-6-4-5-7-15(14)29-21/h4-11H,3,12H2,1-2H3,(H,24,25)/b18-11-. The average Bonchev–Trinajstić information content (AvgIpc) is 3.14. The van der Waals surface area contributed by atoms with Crippen LogP contribution in [0.25, 0.3) is 17.2 Å². The highest BCUT2D eigenvalue weighted by molar-refractivity contribution is 8.03. The summed E-state index contributed by atoms with van der Waals surface area (Å²) in [5.41, 5.74) is 1.79. The van der Waals surface area contributed by atoms with Crippen LogP contribution < -0.4 is 9.47 Å². The summed E-state index contributed by atoms with van der Waals surface area (Å²) in [6.45, 7) is 1.71. The van der Waals surface area contributed by atoms with E-state index in [2.05, 4.69) is 4.98 Å². The van der Waals surface area contributed by atoms with Crippen LogP contribution in [0.2, 0.25) is 0 Å². The van der Waals surface area contributed by atoms with Gasteiger partial charge in [-0.25, -0.2) is 14.6 Å². The third kappa shape index (κ3) is 5.32. The zero-order chi connectivity index (χ0) is 21.5. The molecule has 156 valence electrons. The van der Waals surface area contributed by atoms with Gasteiger partial charge in [0.1, 0.15) is 10.4 Å². The largest absolute Gasteiger partial charge is 0.493 e. The minimum atomic E-state index is -1.12. The zero-order valence-electron chi connectivity index (χ0n) is 16.3. The number of carbonyl (C=O) groups excluding carboxylic acids is 1. The predicted molar refractivity (Wildman–Crippen MR) is 111 cm³/mol. The number of carboxylic acid groups (broad SMARTS) is 1. The first-order valence-corrected chi connectivity index (χ1v) is 9.76. The number of thioether (sulfide) groups is 1. The molecule has 0 bridgehead atoms. The SMILES string of the molecule is CCOC(=O)COc1ccc(/C=C(\Sc2nc3ccccc3o2)C(=O)O)cc1OC. The van der Waals surface area contributed by atoms with Gasteiger partial charge in [0.05, 0.1) is 13.7 Å². The van der Waals surface area contributed by atoms with Crippen molar-refractivity contribution in [2.75, 3.05) is 20.3 Å². The fraction of sp³-hybridized carbons (Fsp3) is 0.190. The Kier molecular flexibility index (Phi) is 6.97. The molecule has 0 aliphatic heterocycles. The number of nitrogens with zero attached hydrogens (tertiary/aromatic N) is 1. The first-order chi connectivity index (χ1) is 14.5. The topological polar surface area (TPSA) is 108 Å². The summed E-state index contributed by atoms with van der Waals surface area (Å²) in [5.74, 6) is -0.925. The summed E-state index contributed by atoms with van der Waals surface area (Å²) in [6, 6.07) is 12.0.